The van der Waals surface area contributed by atoms with E-state index in [0.717, 1.165) is 3.57 Å². The molecule has 19 heavy (non-hydrogen) atoms. The summed E-state index contributed by atoms with van der Waals surface area (Å²) in [6.07, 6.45) is -0.911. The van der Waals surface area contributed by atoms with Gasteiger partial charge in [0.2, 0.25) is 0 Å². The second-order valence-corrected chi connectivity index (χ2v) is 5.36. The van der Waals surface area contributed by atoms with Crippen LogP contribution < -0.4 is 4.74 Å². The fraction of sp³-hybridized carbons (Fsp3) is 0.167. The molecule has 0 radical (unpaired) electrons. The molecule has 2 N–H and O–H groups in total. The van der Waals surface area contributed by atoms with Gasteiger partial charge < -0.3 is 14.9 Å². The van der Waals surface area contributed by atoms with Crippen LogP contribution in [-0.2, 0) is 0 Å². The Morgan fingerprint density at radius 3 is 3.00 bits per heavy atom. The summed E-state index contributed by atoms with van der Waals surface area (Å²) < 4.78 is 7.89. The van der Waals surface area contributed by atoms with Crippen LogP contribution in [0.3, 0.4) is 0 Å². The van der Waals surface area contributed by atoms with Crippen LogP contribution in [0, 0.1) is 3.57 Å². The Morgan fingerprint density at radius 1 is 1.47 bits per heavy atom. The highest BCUT2D eigenvalue weighted by molar-refractivity contribution is 14.1. The van der Waals surface area contributed by atoms with Crippen LogP contribution in [0.15, 0.2) is 24.3 Å². The number of ether oxygens (including phenoxy) is 1. The van der Waals surface area contributed by atoms with Gasteiger partial charge >= 0.3 is 5.97 Å². The second kappa shape index (κ2) is 4.49. The lowest BCUT2D eigenvalue weighted by molar-refractivity contribution is 0.0690. The number of aliphatic hydroxyl groups is 1. The van der Waals surface area contributed by atoms with Crippen molar-refractivity contribution in [2.24, 2.45) is 0 Å². The maximum Gasteiger partial charge on any atom is 0.356 e. The van der Waals surface area contributed by atoms with Gasteiger partial charge in [0.25, 0.3) is 0 Å². The number of aromatic nitrogens is 2. The van der Waals surface area contributed by atoms with Gasteiger partial charge in [-0.05, 0) is 46.9 Å². The fourth-order valence-electron chi connectivity index (χ4n) is 1.96. The molecule has 0 aliphatic carbocycles. The van der Waals surface area contributed by atoms with E-state index in [-0.39, 0.29) is 12.3 Å². The van der Waals surface area contributed by atoms with Gasteiger partial charge in [-0.2, -0.15) is 5.10 Å². The van der Waals surface area contributed by atoms with Crippen LogP contribution >= 0.6 is 22.6 Å². The molecule has 3 rings (SSSR count). The molecule has 1 aromatic carbocycles. The van der Waals surface area contributed by atoms with Gasteiger partial charge in [-0.1, -0.05) is 0 Å². The smallest absolute Gasteiger partial charge is 0.356 e. The van der Waals surface area contributed by atoms with E-state index in [1.54, 1.807) is 6.07 Å². The zero-order valence-electron chi connectivity index (χ0n) is 9.58. The Labute approximate surface area is 121 Å². The second-order valence-electron chi connectivity index (χ2n) is 4.11. The van der Waals surface area contributed by atoms with Crippen molar-refractivity contribution >= 4 is 28.6 Å². The molecule has 0 fully saturated rings. The van der Waals surface area contributed by atoms with E-state index in [9.17, 15) is 9.90 Å². The summed E-state index contributed by atoms with van der Waals surface area (Å²) in [5, 5.41) is 23.0. The molecule has 2 aromatic rings. The summed E-state index contributed by atoms with van der Waals surface area (Å²) >= 11 is 2.15. The quantitative estimate of drug-likeness (QED) is 0.743. The van der Waals surface area contributed by atoms with Crippen LogP contribution in [0.5, 0.6) is 5.75 Å². The highest BCUT2D eigenvalue weighted by Gasteiger charge is 2.25. The van der Waals surface area contributed by atoms with Gasteiger partial charge in [0.05, 0.1) is 5.69 Å². The molecule has 0 saturated carbocycles. The number of halogens is 1. The summed E-state index contributed by atoms with van der Waals surface area (Å²) in [6.45, 7) is 0.0678. The largest absolute Gasteiger partial charge is 0.488 e. The van der Waals surface area contributed by atoms with Gasteiger partial charge in [0.1, 0.15) is 24.1 Å². The van der Waals surface area contributed by atoms with Gasteiger partial charge in [-0.25, -0.2) is 9.48 Å². The zero-order chi connectivity index (χ0) is 13.6. The highest BCUT2D eigenvalue weighted by Crippen LogP contribution is 2.32. The number of hydrogen-bond donors (Lipinski definition) is 2. The number of nitrogens with zero attached hydrogens (tertiary/aromatic N) is 2. The van der Waals surface area contributed by atoms with E-state index in [2.05, 4.69) is 27.7 Å². The van der Waals surface area contributed by atoms with Crippen molar-refractivity contribution in [2.45, 2.75) is 6.10 Å². The minimum absolute atomic E-state index is 0.0678. The summed E-state index contributed by atoms with van der Waals surface area (Å²) in [5.41, 5.74) is 0.949. The zero-order valence-corrected chi connectivity index (χ0v) is 11.7. The first-order valence-corrected chi connectivity index (χ1v) is 6.58. The Hall–Kier alpha value is -1.61. The fourth-order valence-corrected chi connectivity index (χ4v) is 2.44. The van der Waals surface area contributed by atoms with E-state index in [0.29, 0.717) is 17.1 Å². The molecule has 0 saturated heterocycles. The third-order valence-corrected chi connectivity index (χ3v) is 3.51. The number of carboxylic acids is 1. The molecular weight excluding hydrogens is 363 g/mol. The van der Waals surface area contributed by atoms with E-state index >= 15 is 0 Å². The van der Waals surface area contributed by atoms with Crippen molar-refractivity contribution in [3.8, 4) is 11.4 Å². The minimum Gasteiger partial charge on any atom is -0.488 e. The summed E-state index contributed by atoms with van der Waals surface area (Å²) in [5.74, 6) is -0.556. The molecule has 0 bridgehead atoms. The van der Waals surface area contributed by atoms with Crippen LogP contribution in [0.25, 0.3) is 5.69 Å². The van der Waals surface area contributed by atoms with E-state index in [4.69, 9.17) is 9.84 Å². The number of benzene rings is 1. The lowest BCUT2D eigenvalue weighted by Crippen LogP contribution is -2.09. The Balaban J connectivity index is 2.25. The predicted octanol–water partition coefficient (Wildman–Crippen LogP) is 1.60. The van der Waals surface area contributed by atoms with Gasteiger partial charge in [0, 0.05) is 3.57 Å². The summed E-state index contributed by atoms with van der Waals surface area (Å²) in [7, 11) is 0. The minimum atomic E-state index is -1.12. The number of hydrogen-bond acceptors (Lipinski definition) is 4. The standard InChI is InChI=1S/C12H9IN2O4/c13-6-1-2-11-9(3-6)15-8(10(16)5-19-11)4-7(14-15)12(17)18/h1-4,10,16H,5H2,(H,17,18). The Bertz CT molecular complexity index is 668. The molecule has 1 aliphatic rings. The monoisotopic (exact) mass is 372 g/mol. The van der Waals surface area contributed by atoms with Crippen molar-refractivity contribution in [1.29, 1.82) is 0 Å². The molecule has 98 valence electrons. The van der Waals surface area contributed by atoms with Gasteiger partial charge in [-0.3, -0.25) is 0 Å². The van der Waals surface area contributed by atoms with Crippen LogP contribution in [0.2, 0.25) is 0 Å². The lowest BCUT2D eigenvalue weighted by Gasteiger charge is -2.08. The number of aliphatic hydroxyl groups excluding tert-OH is 1. The Kier molecular flexibility index (Phi) is 2.94. The van der Waals surface area contributed by atoms with Crippen LogP contribution in [0.1, 0.15) is 22.3 Å². The normalized spacial score (nSPS) is 17.1. The average Bonchev–Trinajstić information content (AvgIpc) is 2.77. The lowest BCUT2D eigenvalue weighted by atomic mass is 10.2. The van der Waals surface area contributed by atoms with Crippen LogP contribution in [0.4, 0.5) is 0 Å². The molecule has 0 amide bonds. The van der Waals surface area contributed by atoms with Crippen molar-refractivity contribution in [3.05, 3.63) is 39.2 Å². The molecular formula is C12H9IN2O4. The third-order valence-electron chi connectivity index (χ3n) is 2.84. The summed E-state index contributed by atoms with van der Waals surface area (Å²) in [6, 6.07) is 6.85. The SMILES string of the molecule is O=C(O)c1cc2n(n1)-c1cc(I)ccc1OCC2O. The van der Waals surface area contributed by atoms with Crippen LogP contribution in [-0.4, -0.2) is 32.6 Å². The molecule has 1 atom stereocenters. The van der Waals surface area contributed by atoms with Crippen molar-refractivity contribution in [3.63, 3.8) is 0 Å². The predicted molar refractivity (Wildman–Crippen MR) is 73.7 cm³/mol. The topological polar surface area (TPSA) is 84.6 Å². The van der Waals surface area contributed by atoms with Gasteiger partial charge in [-0.15, -0.1) is 0 Å². The number of fused-ring (bicyclic) bond motifs is 3. The first kappa shape index (κ1) is 12.4. The average molecular weight is 372 g/mol. The molecule has 2 heterocycles. The van der Waals surface area contributed by atoms with Crippen molar-refractivity contribution in [2.75, 3.05) is 6.61 Å². The highest BCUT2D eigenvalue weighted by atomic mass is 127. The van der Waals surface area contributed by atoms with Crippen molar-refractivity contribution in [1.82, 2.24) is 9.78 Å². The van der Waals surface area contributed by atoms with E-state index in [1.807, 2.05) is 12.1 Å². The number of carboxylic acid groups (broad SMARTS) is 1. The third kappa shape index (κ3) is 2.08. The maximum absolute atomic E-state index is 11.0. The number of rotatable bonds is 1. The molecule has 0 spiro atoms. The van der Waals surface area contributed by atoms with E-state index in [1.165, 1.54) is 10.7 Å². The first-order valence-electron chi connectivity index (χ1n) is 5.50. The molecule has 1 unspecified atom stereocenters. The summed E-state index contributed by atoms with van der Waals surface area (Å²) in [4.78, 5) is 11.0. The molecule has 7 heteroatoms. The van der Waals surface area contributed by atoms with Crippen molar-refractivity contribution < 1.29 is 19.7 Å². The molecule has 1 aromatic heterocycles. The first-order chi connectivity index (χ1) is 9.06. The molecule has 1 aliphatic heterocycles. The Morgan fingerprint density at radius 2 is 2.26 bits per heavy atom. The number of aromatic carboxylic acids is 1. The van der Waals surface area contributed by atoms with Gasteiger partial charge in [0.15, 0.2) is 5.69 Å². The molecule has 6 nitrogen and oxygen atoms in total. The maximum atomic E-state index is 11.0. The van der Waals surface area contributed by atoms with E-state index < -0.39 is 12.1 Å². The number of carbonyl (C=O) groups is 1.